The molecule has 0 atom stereocenters. The van der Waals surface area contributed by atoms with Gasteiger partial charge >= 0.3 is 0 Å². The molecule has 0 heterocycles. The summed E-state index contributed by atoms with van der Waals surface area (Å²) in [5.74, 6) is 1.85. The van der Waals surface area contributed by atoms with Gasteiger partial charge in [-0.05, 0) is 49.8 Å². The highest BCUT2D eigenvalue weighted by Gasteiger charge is 2.21. The van der Waals surface area contributed by atoms with E-state index >= 15 is 0 Å². The fourth-order valence-electron chi connectivity index (χ4n) is 2.58. The Labute approximate surface area is 114 Å². The fraction of sp³-hybridized carbons (Fsp3) is 0.600. The normalized spacial score (nSPS) is 23.9. The molecule has 0 spiro atoms. The second-order valence-corrected chi connectivity index (χ2v) is 6.41. The number of nitrogen functional groups attached to an aromatic ring is 1. The lowest BCUT2D eigenvalue weighted by Crippen LogP contribution is -2.15. The van der Waals surface area contributed by atoms with Crippen molar-refractivity contribution in [3.8, 4) is 5.75 Å². The predicted molar refractivity (Wildman–Crippen MR) is 79.3 cm³/mol. The molecule has 18 heavy (non-hydrogen) atoms. The molecule has 0 bridgehead atoms. The third-order valence-electron chi connectivity index (χ3n) is 3.89. The lowest BCUT2D eigenvalue weighted by molar-refractivity contribution is 0.356. The third kappa shape index (κ3) is 3.35. The van der Waals surface area contributed by atoms with E-state index in [1.807, 2.05) is 23.9 Å². The van der Waals surface area contributed by atoms with E-state index in [9.17, 15) is 0 Å². The Morgan fingerprint density at radius 2 is 2.00 bits per heavy atom. The first-order chi connectivity index (χ1) is 8.72. The van der Waals surface area contributed by atoms with Gasteiger partial charge in [0.1, 0.15) is 5.75 Å². The van der Waals surface area contributed by atoms with Crippen molar-refractivity contribution in [1.29, 1.82) is 0 Å². The molecule has 0 aromatic heterocycles. The zero-order chi connectivity index (χ0) is 13.0. The number of anilines is 1. The summed E-state index contributed by atoms with van der Waals surface area (Å²) < 4.78 is 5.26. The summed E-state index contributed by atoms with van der Waals surface area (Å²) in [6.45, 7) is 2.30. The van der Waals surface area contributed by atoms with Crippen LogP contribution >= 0.6 is 11.8 Å². The minimum atomic E-state index is 0.724. The second-order valence-electron chi connectivity index (χ2n) is 5.07. The standard InChI is InChI=1S/C15H23NOS/c1-3-11-4-7-13(8-5-11)18-15-10-12(17-2)6-9-14(15)16/h6,9-11,13H,3-5,7-8,16H2,1-2H3. The molecule has 3 heteroatoms. The number of nitrogens with two attached hydrogens (primary N) is 1. The molecule has 2 N–H and O–H groups in total. The van der Waals surface area contributed by atoms with Crippen molar-refractivity contribution in [3.63, 3.8) is 0 Å². The van der Waals surface area contributed by atoms with Gasteiger partial charge in [0.2, 0.25) is 0 Å². The smallest absolute Gasteiger partial charge is 0.120 e. The number of ether oxygens (including phenoxy) is 1. The molecule has 0 saturated heterocycles. The molecule has 0 unspecified atom stereocenters. The van der Waals surface area contributed by atoms with E-state index in [1.165, 1.54) is 37.0 Å². The summed E-state index contributed by atoms with van der Waals surface area (Å²) in [4.78, 5) is 1.18. The summed E-state index contributed by atoms with van der Waals surface area (Å²) in [5.41, 5.74) is 6.91. The summed E-state index contributed by atoms with van der Waals surface area (Å²) in [5, 5.41) is 0.724. The molecule has 0 amide bonds. The molecular formula is C15H23NOS. The van der Waals surface area contributed by atoms with Gasteiger partial charge in [0.25, 0.3) is 0 Å². The van der Waals surface area contributed by atoms with Crippen molar-refractivity contribution in [2.45, 2.75) is 49.2 Å². The van der Waals surface area contributed by atoms with Gasteiger partial charge in [-0.2, -0.15) is 0 Å². The van der Waals surface area contributed by atoms with Gasteiger partial charge in [-0.3, -0.25) is 0 Å². The molecule has 1 aliphatic carbocycles. The van der Waals surface area contributed by atoms with Crippen LogP contribution in [-0.2, 0) is 0 Å². The topological polar surface area (TPSA) is 35.2 Å². The molecule has 1 saturated carbocycles. The van der Waals surface area contributed by atoms with Gasteiger partial charge < -0.3 is 10.5 Å². The SMILES string of the molecule is CCC1CCC(Sc2cc(OC)ccc2N)CC1. The molecular weight excluding hydrogens is 242 g/mol. The number of methoxy groups -OCH3 is 1. The summed E-state index contributed by atoms with van der Waals surface area (Å²) in [6.07, 6.45) is 6.72. The summed E-state index contributed by atoms with van der Waals surface area (Å²) in [7, 11) is 1.70. The first kappa shape index (κ1) is 13.6. The van der Waals surface area contributed by atoms with Gasteiger partial charge in [0.15, 0.2) is 0 Å². The van der Waals surface area contributed by atoms with Gasteiger partial charge in [-0.15, -0.1) is 11.8 Å². The van der Waals surface area contributed by atoms with E-state index in [0.29, 0.717) is 0 Å². The Bertz CT molecular complexity index is 386. The van der Waals surface area contributed by atoms with Crippen LogP contribution in [0.3, 0.4) is 0 Å². The van der Waals surface area contributed by atoms with E-state index in [4.69, 9.17) is 10.5 Å². The number of thioether (sulfide) groups is 1. The summed E-state index contributed by atoms with van der Waals surface area (Å²) in [6, 6.07) is 5.93. The zero-order valence-corrected chi connectivity index (χ0v) is 12.1. The van der Waals surface area contributed by atoms with E-state index in [0.717, 1.165) is 22.6 Å². The van der Waals surface area contributed by atoms with Crippen LogP contribution in [0.15, 0.2) is 23.1 Å². The Kier molecular flexibility index (Phi) is 4.81. The van der Waals surface area contributed by atoms with E-state index in [2.05, 4.69) is 13.0 Å². The Balaban J connectivity index is 1.97. The average molecular weight is 265 g/mol. The van der Waals surface area contributed by atoms with E-state index in [1.54, 1.807) is 7.11 Å². The minimum absolute atomic E-state index is 0.724. The third-order valence-corrected chi connectivity index (χ3v) is 5.30. The molecule has 2 nitrogen and oxygen atoms in total. The van der Waals surface area contributed by atoms with Crippen LogP contribution in [0.1, 0.15) is 39.0 Å². The van der Waals surface area contributed by atoms with E-state index in [-0.39, 0.29) is 0 Å². The highest BCUT2D eigenvalue weighted by Crippen LogP contribution is 2.39. The molecule has 0 aliphatic heterocycles. The lowest BCUT2D eigenvalue weighted by Gasteiger charge is -2.27. The van der Waals surface area contributed by atoms with Crippen LogP contribution in [0.2, 0.25) is 0 Å². The van der Waals surface area contributed by atoms with Crippen LogP contribution < -0.4 is 10.5 Å². The van der Waals surface area contributed by atoms with Crippen molar-refractivity contribution in [2.24, 2.45) is 5.92 Å². The van der Waals surface area contributed by atoms with Crippen LogP contribution in [0.4, 0.5) is 5.69 Å². The monoisotopic (exact) mass is 265 g/mol. The molecule has 1 aromatic rings. The highest BCUT2D eigenvalue weighted by atomic mass is 32.2. The Hall–Kier alpha value is -0.830. The average Bonchev–Trinajstić information content (AvgIpc) is 2.42. The van der Waals surface area contributed by atoms with Crippen LogP contribution in [0.5, 0.6) is 5.75 Å². The fourth-order valence-corrected chi connectivity index (χ4v) is 3.84. The molecule has 1 aliphatic rings. The highest BCUT2D eigenvalue weighted by molar-refractivity contribution is 8.00. The van der Waals surface area contributed by atoms with Crippen molar-refractivity contribution >= 4 is 17.4 Å². The van der Waals surface area contributed by atoms with Gasteiger partial charge in [0, 0.05) is 15.8 Å². The van der Waals surface area contributed by atoms with Crippen LogP contribution in [-0.4, -0.2) is 12.4 Å². The Morgan fingerprint density at radius 3 is 2.61 bits per heavy atom. The number of benzene rings is 1. The maximum Gasteiger partial charge on any atom is 0.120 e. The quantitative estimate of drug-likeness (QED) is 0.823. The second kappa shape index (κ2) is 6.37. The van der Waals surface area contributed by atoms with Crippen LogP contribution in [0, 0.1) is 5.92 Å². The predicted octanol–water partition coefficient (Wildman–Crippen LogP) is 4.34. The van der Waals surface area contributed by atoms with Crippen molar-refractivity contribution in [3.05, 3.63) is 18.2 Å². The largest absolute Gasteiger partial charge is 0.497 e. The number of hydrogen-bond donors (Lipinski definition) is 1. The maximum atomic E-state index is 6.04. The molecule has 1 aromatic carbocycles. The molecule has 100 valence electrons. The molecule has 1 fully saturated rings. The molecule has 0 radical (unpaired) electrons. The van der Waals surface area contributed by atoms with Crippen molar-refractivity contribution in [2.75, 3.05) is 12.8 Å². The van der Waals surface area contributed by atoms with Crippen molar-refractivity contribution in [1.82, 2.24) is 0 Å². The lowest BCUT2D eigenvalue weighted by atomic mass is 9.87. The summed E-state index contributed by atoms with van der Waals surface area (Å²) >= 11 is 1.93. The van der Waals surface area contributed by atoms with Crippen molar-refractivity contribution < 1.29 is 4.74 Å². The minimum Gasteiger partial charge on any atom is -0.497 e. The zero-order valence-electron chi connectivity index (χ0n) is 11.3. The number of hydrogen-bond acceptors (Lipinski definition) is 3. The Morgan fingerprint density at radius 1 is 1.28 bits per heavy atom. The van der Waals surface area contributed by atoms with Gasteiger partial charge in [0.05, 0.1) is 7.11 Å². The van der Waals surface area contributed by atoms with Crippen LogP contribution in [0.25, 0.3) is 0 Å². The number of rotatable bonds is 4. The van der Waals surface area contributed by atoms with E-state index < -0.39 is 0 Å². The maximum absolute atomic E-state index is 6.04. The first-order valence-electron chi connectivity index (χ1n) is 6.83. The first-order valence-corrected chi connectivity index (χ1v) is 7.71. The van der Waals surface area contributed by atoms with Gasteiger partial charge in [-0.25, -0.2) is 0 Å². The van der Waals surface area contributed by atoms with Gasteiger partial charge in [-0.1, -0.05) is 13.3 Å². The molecule has 2 rings (SSSR count).